The number of thioether (sulfide) groups is 1. The summed E-state index contributed by atoms with van der Waals surface area (Å²) < 4.78 is 0. The summed E-state index contributed by atoms with van der Waals surface area (Å²) in [5.41, 5.74) is 0. The normalized spacial score (nSPS) is 27.2. The lowest BCUT2D eigenvalue weighted by Crippen LogP contribution is -2.37. The molecule has 2 heterocycles. The van der Waals surface area contributed by atoms with Gasteiger partial charge in [0.05, 0.1) is 6.54 Å². The Balaban J connectivity index is 1.70. The molecular weight excluding hydrogens is 186 g/mol. The molecule has 1 saturated heterocycles. The summed E-state index contributed by atoms with van der Waals surface area (Å²) in [6.45, 7) is 1.74. The van der Waals surface area contributed by atoms with Gasteiger partial charge in [-0.25, -0.2) is 0 Å². The van der Waals surface area contributed by atoms with Crippen LogP contribution < -0.4 is 10.6 Å². The van der Waals surface area contributed by atoms with E-state index in [4.69, 9.17) is 0 Å². The van der Waals surface area contributed by atoms with Crippen molar-refractivity contribution >= 4 is 22.8 Å². The van der Waals surface area contributed by atoms with Gasteiger partial charge in [0, 0.05) is 24.8 Å². The van der Waals surface area contributed by atoms with Crippen molar-refractivity contribution in [2.45, 2.75) is 18.9 Å². The third kappa shape index (κ3) is 2.37. The zero-order chi connectivity index (χ0) is 9.10. The van der Waals surface area contributed by atoms with Crippen molar-refractivity contribution in [2.24, 2.45) is 4.99 Å². The molecule has 1 unspecified atom stereocenters. The molecule has 0 aromatic rings. The van der Waals surface area contributed by atoms with Gasteiger partial charge in [0.25, 0.3) is 0 Å². The van der Waals surface area contributed by atoms with Crippen LogP contribution in [-0.2, 0) is 4.79 Å². The van der Waals surface area contributed by atoms with Gasteiger partial charge < -0.3 is 10.6 Å². The average Bonchev–Trinajstić information content (AvgIpc) is 2.71. The summed E-state index contributed by atoms with van der Waals surface area (Å²) in [6.07, 6.45) is 1.62. The minimum atomic E-state index is 0.174. The molecule has 0 aromatic heterocycles. The number of nitrogens with zero attached hydrogens (tertiary/aromatic N) is 1. The summed E-state index contributed by atoms with van der Waals surface area (Å²) in [5.74, 6) is 1.26. The zero-order valence-corrected chi connectivity index (χ0v) is 8.19. The predicted octanol–water partition coefficient (Wildman–Crippen LogP) is -0.0426. The molecule has 0 spiro atoms. The lowest BCUT2D eigenvalue weighted by atomic mass is 10.2. The molecule has 0 aromatic carbocycles. The zero-order valence-electron chi connectivity index (χ0n) is 7.38. The lowest BCUT2D eigenvalue weighted by molar-refractivity contribution is -0.119. The van der Waals surface area contributed by atoms with Crippen molar-refractivity contribution in [3.63, 3.8) is 0 Å². The molecule has 2 aliphatic rings. The van der Waals surface area contributed by atoms with Crippen LogP contribution >= 0.6 is 11.8 Å². The van der Waals surface area contributed by atoms with E-state index in [0.29, 0.717) is 12.5 Å². The van der Waals surface area contributed by atoms with E-state index in [9.17, 15) is 4.79 Å². The number of carbonyl (C=O) groups is 1. The average molecular weight is 199 g/mol. The minimum absolute atomic E-state index is 0.174. The first-order valence-corrected chi connectivity index (χ1v) is 5.53. The van der Waals surface area contributed by atoms with Crippen molar-refractivity contribution in [3.8, 4) is 0 Å². The highest BCUT2D eigenvalue weighted by atomic mass is 32.2. The van der Waals surface area contributed by atoms with Gasteiger partial charge in [-0.1, -0.05) is 11.8 Å². The van der Waals surface area contributed by atoms with E-state index < -0.39 is 0 Å². The molecule has 1 fully saturated rings. The highest BCUT2D eigenvalue weighted by Crippen LogP contribution is 2.10. The number of amidine groups is 1. The first-order valence-electron chi connectivity index (χ1n) is 4.55. The molecule has 4 nitrogen and oxygen atoms in total. The molecule has 0 radical (unpaired) electrons. The summed E-state index contributed by atoms with van der Waals surface area (Å²) in [4.78, 5) is 15.1. The van der Waals surface area contributed by atoms with Crippen LogP contribution in [0, 0.1) is 0 Å². The van der Waals surface area contributed by atoms with E-state index in [1.54, 1.807) is 11.8 Å². The Labute approximate surface area is 81.6 Å². The van der Waals surface area contributed by atoms with E-state index in [1.165, 1.54) is 0 Å². The molecule has 0 aliphatic carbocycles. The molecule has 0 bridgehead atoms. The number of carbonyl (C=O) groups excluding carboxylic acids is 1. The van der Waals surface area contributed by atoms with Crippen LogP contribution in [0.5, 0.6) is 0 Å². The Morgan fingerprint density at radius 2 is 2.62 bits per heavy atom. The number of hydrogen-bond donors (Lipinski definition) is 2. The van der Waals surface area contributed by atoms with Crippen LogP contribution in [0.1, 0.15) is 12.8 Å². The van der Waals surface area contributed by atoms with Crippen molar-refractivity contribution in [1.82, 2.24) is 10.6 Å². The second-order valence-corrected chi connectivity index (χ2v) is 4.30. The lowest BCUT2D eigenvalue weighted by Gasteiger charge is -2.11. The monoisotopic (exact) mass is 199 g/mol. The van der Waals surface area contributed by atoms with Gasteiger partial charge in [-0.15, -0.1) is 0 Å². The standard InChI is InChI=1S/C8H13N3OS/c12-7-2-1-6(11-7)5-10-8-9-3-4-13-8/h6H,1-5H2,(H,9,10)(H,11,12). The van der Waals surface area contributed by atoms with E-state index >= 15 is 0 Å². The molecule has 0 saturated carbocycles. The molecule has 2 rings (SSSR count). The van der Waals surface area contributed by atoms with Gasteiger partial charge >= 0.3 is 0 Å². The minimum Gasteiger partial charge on any atom is -0.363 e. The fourth-order valence-electron chi connectivity index (χ4n) is 1.48. The highest BCUT2D eigenvalue weighted by Gasteiger charge is 2.20. The molecule has 2 aliphatic heterocycles. The van der Waals surface area contributed by atoms with E-state index in [1.807, 2.05) is 0 Å². The third-order valence-electron chi connectivity index (χ3n) is 2.17. The Bertz CT molecular complexity index is 242. The molecular formula is C8H13N3OS. The largest absolute Gasteiger partial charge is 0.363 e. The smallest absolute Gasteiger partial charge is 0.220 e. The maximum absolute atomic E-state index is 10.9. The second kappa shape index (κ2) is 4.00. The summed E-state index contributed by atoms with van der Waals surface area (Å²) in [6, 6.07) is 0.302. The number of nitrogens with one attached hydrogen (secondary N) is 2. The number of aliphatic imine (C=N–C) groups is 1. The molecule has 13 heavy (non-hydrogen) atoms. The van der Waals surface area contributed by atoms with Gasteiger partial charge in [0.1, 0.15) is 0 Å². The Morgan fingerprint density at radius 3 is 3.23 bits per heavy atom. The molecule has 2 N–H and O–H groups in total. The molecule has 1 amide bonds. The number of amides is 1. The second-order valence-electron chi connectivity index (χ2n) is 3.22. The summed E-state index contributed by atoms with van der Waals surface area (Å²) in [7, 11) is 0. The quantitative estimate of drug-likeness (QED) is 0.656. The Kier molecular flexibility index (Phi) is 2.73. The van der Waals surface area contributed by atoms with Crippen LogP contribution in [0.3, 0.4) is 0 Å². The van der Waals surface area contributed by atoms with Crippen LogP contribution in [0.2, 0.25) is 0 Å². The van der Waals surface area contributed by atoms with E-state index in [-0.39, 0.29) is 5.91 Å². The highest BCUT2D eigenvalue weighted by molar-refractivity contribution is 8.14. The van der Waals surface area contributed by atoms with Crippen LogP contribution in [-0.4, -0.2) is 36.0 Å². The Hall–Kier alpha value is -0.710. The molecule has 72 valence electrons. The maximum Gasteiger partial charge on any atom is 0.220 e. The first kappa shape index (κ1) is 8.87. The van der Waals surface area contributed by atoms with Crippen molar-refractivity contribution in [1.29, 1.82) is 0 Å². The fraction of sp³-hybridized carbons (Fsp3) is 0.750. The Morgan fingerprint density at radius 1 is 1.69 bits per heavy atom. The number of hydrogen-bond acceptors (Lipinski definition) is 4. The summed E-state index contributed by atoms with van der Waals surface area (Å²) in [5, 5.41) is 7.18. The van der Waals surface area contributed by atoms with E-state index in [0.717, 1.165) is 30.4 Å². The molecule has 1 atom stereocenters. The van der Waals surface area contributed by atoms with Gasteiger partial charge in [-0.2, -0.15) is 0 Å². The molecule has 5 heteroatoms. The van der Waals surface area contributed by atoms with Gasteiger partial charge in [-0.3, -0.25) is 9.79 Å². The van der Waals surface area contributed by atoms with Crippen LogP contribution in [0.15, 0.2) is 4.99 Å². The predicted molar refractivity (Wildman–Crippen MR) is 53.9 cm³/mol. The van der Waals surface area contributed by atoms with E-state index in [2.05, 4.69) is 15.6 Å². The fourth-order valence-corrected chi connectivity index (χ4v) is 2.23. The number of rotatable bonds is 2. The van der Waals surface area contributed by atoms with Crippen molar-refractivity contribution < 1.29 is 4.79 Å². The van der Waals surface area contributed by atoms with Crippen molar-refractivity contribution in [2.75, 3.05) is 18.8 Å². The SMILES string of the molecule is O=C1CCC(CNC2=NCCS2)N1. The summed E-state index contributed by atoms with van der Waals surface area (Å²) >= 11 is 1.75. The van der Waals surface area contributed by atoms with Crippen LogP contribution in [0.4, 0.5) is 0 Å². The van der Waals surface area contributed by atoms with Gasteiger partial charge in [0.15, 0.2) is 5.17 Å². The van der Waals surface area contributed by atoms with Gasteiger partial charge in [-0.05, 0) is 6.42 Å². The van der Waals surface area contributed by atoms with Crippen LogP contribution in [0.25, 0.3) is 0 Å². The first-order chi connectivity index (χ1) is 6.34. The maximum atomic E-state index is 10.9. The topological polar surface area (TPSA) is 53.5 Å². The third-order valence-corrected chi connectivity index (χ3v) is 3.10. The van der Waals surface area contributed by atoms with Crippen molar-refractivity contribution in [3.05, 3.63) is 0 Å². The van der Waals surface area contributed by atoms with Gasteiger partial charge in [0.2, 0.25) is 5.91 Å².